The van der Waals surface area contributed by atoms with Gasteiger partial charge in [0, 0.05) is 23.6 Å². The van der Waals surface area contributed by atoms with Gasteiger partial charge in [0.1, 0.15) is 5.56 Å². The molecule has 0 saturated heterocycles. The molecule has 98 valence electrons. The van der Waals surface area contributed by atoms with Crippen LogP contribution in [0.1, 0.15) is 10.4 Å². The summed E-state index contributed by atoms with van der Waals surface area (Å²) in [4.78, 5) is 30.6. The molecule has 0 fully saturated rings. The number of aromatic nitrogens is 2. The van der Waals surface area contributed by atoms with Crippen molar-refractivity contribution in [3.8, 4) is 0 Å². The standard InChI is InChI=1S/C15H11N3O2/c19-14(17-11-5-7-16-8-6-11)12-9-10-3-1-2-4-13(10)18-15(12)20/h1-9H,(H,18,20)(H,16,17,19). The molecule has 3 aromatic rings. The Balaban J connectivity index is 1.99. The summed E-state index contributed by atoms with van der Waals surface area (Å²) >= 11 is 0. The lowest BCUT2D eigenvalue weighted by Gasteiger charge is -2.05. The van der Waals surface area contributed by atoms with E-state index in [-0.39, 0.29) is 5.56 Å². The van der Waals surface area contributed by atoms with Crippen LogP contribution >= 0.6 is 0 Å². The van der Waals surface area contributed by atoms with Crippen molar-refractivity contribution in [1.29, 1.82) is 0 Å². The second-order valence-corrected chi connectivity index (χ2v) is 4.29. The van der Waals surface area contributed by atoms with Crippen LogP contribution in [0, 0.1) is 0 Å². The first-order valence-corrected chi connectivity index (χ1v) is 6.07. The fraction of sp³-hybridized carbons (Fsp3) is 0. The van der Waals surface area contributed by atoms with Crippen LogP contribution in [0.4, 0.5) is 5.69 Å². The topological polar surface area (TPSA) is 74.8 Å². The number of nitrogens with one attached hydrogen (secondary N) is 2. The van der Waals surface area contributed by atoms with Gasteiger partial charge in [-0.15, -0.1) is 0 Å². The molecular weight excluding hydrogens is 254 g/mol. The number of amides is 1. The van der Waals surface area contributed by atoms with Crippen LogP contribution in [0.5, 0.6) is 0 Å². The van der Waals surface area contributed by atoms with E-state index in [0.29, 0.717) is 11.2 Å². The summed E-state index contributed by atoms with van der Waals surface area (Å²) in [5.41, 5.74) is 0.978. The van der Waals surface area contributed by atoms with Crippen LogP contribution in [-0.2, 0) is 0 Å². The van der Waals surface area contributed by atoms with Crippen LogP contribution in [0.2, 0.25) is 0 Å². The first-order valence-electron chi connectivity index (χ1n) is 6.07. The van der Waals surface area contributed by atoms with Gasteiger partial charge in [0.2, 0.25) is 0 Å². The first kappa shape index (κ1) is 12.1. The van der Waals surface area contributed by atoms with Gasteiger partial charge in [-0.3, -0.25) is 14.6 Å². The Morgan fingerprint density at radius 2 is 1.85 bits per heavy atom. The molecule has 0 aliphatic carbocycles. The Kier molecular flexibility index (Phi) is 3.01. The van der Waals surface area contributed by atoms with E-state index in [1.54, 1.807) is 36.7 Å². The third kappa shape index (κ3) is 2.29. The van der Waals surface area contributed by atoms with Gasteiger partial charge in [-0.2, -0.15) is 0 Å². The molecule has 0 aliphatic heterocycles. The van der Waals surface area contributed by atoms with Gasteiger partial charge in [0.25, 0.3) is 11.5 Å². The number of carbonyl (C=O) groups is 1. The van der Waals surface area contributed by atoms with Crippen LogP contribution < -0.4 is 10.9 Å². The summed E-state index contributed by atoms with van der Waals surface area (Å²) in [6, 6.07) is 12.2. The fourth-order valence-corrected chi connectivity index (χ4v) is 1.95. The van der Waals surface area contributed by atoms with Crippen molar-refractivity contribution in [3.05, 3.63) is 70.8 Å². The third-order valence-corrected chi connectivity index (χ3v) is 2.94. The lowest BCUT2D eigenvalue weighted by Crippen LogP contribution is -2.22. The average molecular weight is 265 g/mol. The average Bonchev–Trinajstić information content (AvgIpc) is 2.47. The number of nitrogens with zero attached hydrogens (tertiary/aromatic N) is 1. The lowest BCUT2D eigenvalue weighted by atomic mass is 10.1. The zero-order chi connectivity index (χ0) is 13.9. The van der Waals surface area contributed by atoms with Crippen LogP contribution in [0.25, 0.3) is 10.9 Å². The van der Waals surface area contributed by atoms with Gasteiger partial charge in [-0.25, -0.2) is 0 Å². The smallest absolute Gasteiger partial charge is 0.261 e. The minimum absolute atomic E-state index is 0.0838. The summed E-state index contributed by atoms with van der Waals surface area (Å²) in [6.07, 6.45) is 3.14. The van der Waals surface area contributed by atoms with E-state index in [0.717, 1.165) is 5.39 Å². The second-order valence-electron chi connectivity index (χ2n) is 4.29. The zero-order valence-corrected chi connectivity index (χ0v) is 10.5. The maximum absolute atomic E-state index is 12.1. The number of aromatic amines is 1. The van der Waals surface area contributed by atoms with Gasteiger partial charge in [0.05, 0.1) is 0 Å². The van der Waals surface area contributed by atoms with Crippen molar-refractivity contribution in [2.24, 2.45) is 0 Å². The summed E-state index contributed by atoms with van der Waals surface area (Å²) in [5, 5.41) is 3.48. The molecule has 5 heteroatoms. The van der Waals surface area contributed by atoms with Crippen molar-refractivity contribution >= 4 is 22.5 Å². The molecule has 0 spiro atoms. The van der Waals surface area contributed by atoms with Crippen molar-refractivity contribution in [2.75, 3.05) is 5.32 Å². The number of H-pyrrole nitrogens is 1. The Hall–Kier alpha value is -2.95. The second kappa shape index (κ2) is 4.97. The molecular formula is C15H11N3O2. The van der Waals surface area contributed by atoms with E-state index in [1.165, 1.54) is 0 Å². The first-order chi connectivity index (χ1) is 9.74. The van der Waals surface area contributed by atoms with Gasteiger partial charge >= 0.3 is 0 Å². The predicted octanol–water partition coefficient (Wildman–Crippen LogP) is 2.18. The van der Waals surface area contributed by atoms with Crippen molar-refractivity contribution < 1.29 is 4.79 Å². The predicted molar refractivity (Wildman–Crippen MR) is 76.8 cm³/mol. The van der Waals surface area contributed by atoms with Gasteiger partial charge < -0.3 is 10.3 Å². The number of fused-ring (bicyclic) bond motifs is 1. The SMILES string of the molecule is O=C(Nc1ccncc1)c1cc2ccccc2[nH]c1=O. The molecule has 5 nitrogen and oxygen atoms in total. The largest absolute Gasteiger partial charge is 0.322 e. The highest BCUT2D eigenvalue weighted by atomic mass is 16.2. The van der Waals surface area contributed by atoms with Crippen molar-refractivity contribution in [1.82, 2.24) is 9.97 Å². The highest BCUT2D eigenvalue weighted by molar-refractivity contribution is 6.05. The van der Waals surface area contributed by atoms with Crippen LogP contribution in [0.15, 0.2) is 59.7 Å². The van der Waals surface area contributed by atoms with Gasteiger partial charge in [0.15, 0.2) is 0 Å². The number of hydrogen-bond donors (Lipinski definition) is 2. The highest BCUT2D eigenvalue weighted by Crippen LogP contribution is 2.11. The summed E-state index contributed by atoms with van der Waals surface area (Å²) < 4.78 is 0. The summed E-state index contributed by atoms with van der Waals surface area (Å²) in [7, 11) is 0. The number of carbonyl (C=O) groups excluding carboxylic acids is 1. The third-order valence-electron chi connectivity index (χ3n) is 2.94. The Bertz CT molecular complexity index is 825. The minimum atomic E-state index is -0.441. The molecule has 0 atom stereocenters. The van der Waals surface area contributed by atoms with E-state index in [9.17, 15) is 9.59 Å². The maximum Gasteiger partial charge on any atom is 0.261 e. The molecule has 2 N–H and O–H groups in total. The molecule has 0 aliphatic rings. The quantitative estimate of drug-likeness (QED) is 0.745. The monoisotopic (exact) mass is 265 g/mol. The number of benzene rings is 1. The molecule has 1 amide bonds. The zero-order valence-electron chi connectivity index (χ0n) is 10.5. The van der Waals surface area contributed by atoms with Gasteiger partial charge in [-0.05, 0) is 29.7 Å². The van der Waals surface area contributed by atoms with Gasteiger partial charge in [-0.1, -0.05) is 18.2 Å². The number of rotatable bonds is 2. The Morgan fingerprint density at radius 1 is 1.10 bits per heavy atom. The normalized spacial score (nSPS) is 10.4. The Morgan fingerprint density at radius 3 is 2.65 bits per heavy atom. The maximum atomic E-state index is 12.1. The van der Waals surface area contributed by atoms with E-state index >= 15 is 0 Å². The summed E-state index contributed by atoms with van der Waals surface area (Å²) in [5.74, 6) is -0.441. The van der Waals surface area contributed by atoms with E-state index < -0.39 is 11.5 Å². The number of anilines is 1. The molecule has 0 radical (unpaired) electrons. The van der Waals surface area contributed by atoms with E-state index in [2.05, 4.69) is 15.3 Å². The van der Waals surface area contributed by atoms with Crippen molar-refractivity contribution in [3.63, 3.8) is 0 Å². The van der Waals surface area contributed by atoms with Crippen LogP contribution in [0.3, 0.4) is 0 Å². The van der Waals surface area contributed by atoms with E-state index in [1.807, 2.05) is 18.2 Å². The number of para-hydroxylation sites is 1. The minimum Gasteiger partial charge on any atom is -0.322 e. The molecule has 2 aromatic heterocycles. The molecule has 3 rings (SSSR count). The fourth-order valence-electron chi connectivity index (χ4n) is 1.95. The Labute approximate surface area is 114 Å². The number of pyridine rings is 2. The molecule has 0 bridgehead atoms. The molecule has 0 saturated carbocycles. The lowest BCUT2D eigenvalue weighted by molar-refractivity contribution is 0.102. The highest BCUT2D eigenvalue weighted by Gasteiger charge is 2.11. The molecule has 20 heavy (non-hydrogen) atoms. The summed E-state index contributed by atoms with van der Waals surface area (Å²) in [6.45, 7) is 0. The van der Waals surface area contributed by atoms with Crippen molar-refractivity contribution in [2.45, 2.75) is 0 Å². The molecule has 2 heterocycles. The number of hydrogen-bond acceptors (Lipinski definition) is 3. The van der Waals surface area contributed by atoms with Crippen LogP contribution in [-0.4, -0.2) is 15.9 Å². The molecule has 1 aromatic carbocycles. The van der Waals surface area contributed by atoms with E-state index in [4.69, 9.17) is 0 Å². The molecule has 0 unspecified atom stereocenters.